The maximum atomic E-state index is 11.3. The minimum Gasteiger partial charge on any atom is -0.356 e. The highest BCUT2D eigenvalue weighted by molar-refractivity contribution is 5.78. The molecule has 15 heavy (non-hydrogen) atoms. The summed E-state index contributed by atoms with van der Waals surface area (Å²) in [4.78, 5) is 24.3. The van der Waals surface area contributed by atoms with Crippen molar-refractivity contribution in [1.82, 2.24) is 10.2 Å². The molecule has 4 heteroatoms. The van der Waals surface area contributed by atoms with Gasteiger partial charge >= 0.3 is 0 Å². The zero-order chi connectivity index (χ0) is 11.1. The van der Waals surface area contributed by atoms with Crippen LogP contribution in [0, 0.1) is 0 Å². The number of ketones is 1. The van der Waals surface area contributed by atoms with Gasteiger partial charge in [0.15, 0.2) is 0 Å². The highest BCUT2D eigenvalue weighted by atomic mass is 16.1. The first-order valence-electron chi connectivity index (χ1n) is 5.67. The highest BCUT2D eigenvalue weighted by Crippen LogP contribution is 2.06. The molecular formula is C11H20N2O2. The predicted octanol–water partition coefficient (Wildman–Crippen LogP) is 0.568. The number of nitrogens with one attached hydrogen (secondary N) is 1. The molecule has 1 fully saturated rings. The fraction of sp³-hybridized carbons (Fsp3) is 0.818. The van der Waals surface area contributed by atoms with Crippen molar-refractivity contribution in [2.75, 3.05) is 26.2 Å². The molecule has 1 amide bonds. The van der Waals surface area contributed by atoms with Crippen LogP contribution < -0.4 is 5.32 Å². The fourth-order valence-electron chi connectivity index (χ4n) is 1.73. The lowest BCUT2D eigenvalue weighted by Gasteiger charge is -2.13. The number of hydrogen-bond acceptors (Lipinski definition) is 3. The van der Waals surface area contributed by atoms with Crippen molar-refractivity contribution in [1.29, 1.82) is 0 Å². The van der Waals surface area contributed by atoms with Crippen LogP contribution in [-0.4, -0.2) is 42.8 Å². The van der Waals surface area contributed by atoms with Crippen molar-refractivity contribution in [2.45, 2.75) is 32.6 Å². The number of likely N-dealkylation sites (tertiary alicyclic amines) is 1. The summed E-state index contributed by atoms with van der Waals surface area (Å²) in [5, 5.41) is 2.75. The standard InChI is InChI=1S/C11H20N2O2/c1-10(14)4-6-12-11(15)5-9-13-7-2-3-8-13/h2-9H2,1H3,(H,12,15). The molecule has 0 aromatic heterocycles. The summed E-state index contributed by atoms with van der Waals surface area (Å²) in [6.45, 7) is 5.12. The Bertz CT molecular complexity index is 223. The van der Waals surface area contributed by atoms with Gasteiger partial charge in [-0.3, -0.25) is 9.59 Å². The summed E-state index contributed by atoms with van der Waals surface area (Å²) in [7, 11) is 0. The van der Waals surface area contributed by atoms with E-state index in [9.17, 15) is 9.59 Å². The summed E-state index contributed by atoms with van der Waals surface area (Å²) in [6.07, 6.45) is 3.51. The second-order valence-electron chi connectivity index (χ2n) is 4.10. The van der Waals surface area contributed by atoms with Crippen molar-refractivity contribution in [3.05, 3.63) is 0 Å². The van der Waals surface area contributed by atoms with E-state index in [-0.39, 0.29) is 11.7 Å². The summed E-state index contributed by atoms with van der Waals surface area (Å²) >= 11 is 0. The molecule has 1 N–H and O–H groups in total. The van der Waals surface area contributed by atoms with E-state index < -0.39 is 0 Å². The zero-order valence-electron chi connectivity index (χ0n) is 9.42. The highest BCUT2D eigenvalue weighted by Gasteiger charge is 2.12. The Hall–Kier alpha value is -0.900. The van der Waals surface area contributed by atoms with Crippen LogP contribution >= 0.6 is 0 Å². The van der Waals surface area contributed by atoms with Crippen molar-refractivity contribution in [3.63, 3.8) is 0 Å². The average Bonchev–Trinajstić information content (AvgIpc) is 2.66. The topological polar surface area (TPSA) is 49.4 Å². The van der Waals surface area contributed by atoms with Crippen molar-refractivity contribution >= 4 is 11.7 Å². The number of carbonyl (C=O) groups excluding carboxylic acids is 2. The lowest BCUT2D eigenvalue weighted by molar-refractivity contribution is -0.121. The molecule has 86 valence electrons. The molecule has 0 radical (unpaired) electrons. The van der Waals surface area contributed by atoms with Crippen LogP contribution in [0.1, 0.15) is 32.6 Å². The second kappa shape index (κ2) is 6.56. The molecule has 0 unspecified atom stereocenters. The number of nitrogens with zero attached hydrogens (tertiary/aromatic N) is 1. The van der Waals surface area contributed by atoms with Gasteiger partial charge in [-0.05, 0) is 32.9 Å². The maximum Gasteiger partial charge on any atom is 0.221 e. The minimum atomic E-state index is 0.0585. The number of hydrogen-bond donors (Lipinski definition) is 1. The molecule has 1 heterocycles. The van der Waals surface area contributed by atoms with E-state index in [1.54, 1.807) is 0 Å². The molecule has 4 nitrogen and oxygen atoms in total. The Kier molecular flexibility index (Phi) is 5.32. The van der Waals surface area contributed by atoms with Gasteiger partial charge < -0.3 is 10.2 Å². The van der Waals surface area contributed by atoms with Gasteiger partial charge in [0, 0.05) is 25.9 Å². The zero-order valence-corrected chi connectivity index (χ0v) is 9.42. The molecular weight excluding hydrogens is 192 g/mol. The first-order valence-corrected chi connectivity index (χ1v) is 5.67. The van der Waals surface area contributed by atoms with Gasteiger partial charge in [0.1, 0.15) is 5.78 Å². The molecule has 1 rings (SSSR count). The average molecular weight is 212 g/mol. The summed E-state index contributed by atoms with van der Waals surface area (Å²) in [5.41, 5.74) is 0. The van der Waals surface area contributed by atoms with Crippen molar-refractivity contribution in [3.8, 4) is 0 Å². The molecule has 1 aliphatic heterocycles. The lowest BCUT2D eigenvalue weighted by atomic mass is 10.3. The number of amides is 1. The van der Waals surface area contributed by atoms with Crippen LogP contribution in [0.4, 0.5) is 0 Å². The van der Waals surface area contributed by atoms with E-state index in [4.69, 9.17) is 0 Å². The third-order valence-corrected chi connectivity index (χ3v) is 2.65. The van der Waals surface area contributed by atoms with Crippen LogP contribution in [0.15, 0.2) is 0 Å². The second-order valence-corrected chi connectivity index (χ2v) is 4.10. The molecule has 0 aromatic rings. The quantitative estimate of drug-likeness (QED) is 0.700. The smallest absolute Gasteiger partial charge is 0.221 e. The number of rotatable bonds is 6. The van der Waals surface area contributed by atoms with Gasteiger partial charge in [-0.1, -0.05) is 0 Å². The number of carbonyl (C=O) groups is 2. The van der Waals surface area contributed by atoms with Crippen LogP contribution in [0.5, 0.6) is 0 Å². The van der Waals surface area contributed by atoms with Gasteiger partial charge in [0.2, 0.25) is 5.91 Å². The monoisotopic (exact) mass is 212 g/mol. The lowest BCUT2D eigenvalue weighted by Crippen LogP contribution is -2.30. The SMILES string of the molecule is CC(=O)CCNC(=O)CCN1CCCC1. The van der Waals surface area contributed by atoms with Crippen LogP contribution in [0.3, 0.4) is 0 Å². The van der Waals surface area contributed by atoms with E-state index >= 15 is 0 Å². The van der Waals surface area contributed by atoms with Gasteiger partial charge in [-0.2, -0.15) is 0 Å². The van der Waals surface area contributed by atoms with E-state index in [0.717, 1.165) is 19.6 Å². The Balaban J connectivity index is 2.00. The molecule has 0 aliphatic carbocycles. The Morgan fingerprint density at radius 2 is 1.87 bits per heavy atom. The van der Waals surface area contributed by atoms with Crippen molar-refractivity contribution < 1.29 is 9.59 Å². The van der Waals surface area contributed by atoms with E-state index in [2.05, 4.69) is 10.2 Å². The minimum absolute atomic E-state index is 0.0585. The Morgan fingerprint density at radius 1 is 1.20 bits per heavy atom. The maximum absolute atomic E-state index is 11.3. The van der Waals surface area contributed by atoms with Crippen LogP contribution in [0.2, 0.25) is 0 Å². The summed E-state index contributed by atoms with van der Waals surface area (Å²) < 4.78 is 0. The fourth-order valence-corrected chi connectivity index (χ4v) is 1.73. The molecule has 1 saturated heterocycles. The van der Waals surface area contributed by atoms with E-state index in [1.165, 1.54) is 19.8 Å². The number of Topliss-reactive ketones (excluding diaryl/α,β-unsaturated/α-hetero) is 1. The summed E-state index contributed by atoms with van der Waals surface area (Å²) in [6, 6.07) is 0. The molecule has 0 bridgehead atoms. The molecule has 1 aliphatic rings. The molecule has 0 saturated carbocycles. The molecule has 0 aromatic carbocycles. The van der Waals surface area contributed by atoms with Crippen LogP contribution in [0.25, 0.3) is 0 Å². The van der Waals surface area contributed by atoms with E-state index in [0.29, 0.717) is 19.4 Å². The van der Waals surface area contributed by atoms with Gasteiger partial charge in [-0.25, -0.2) is 0 Å². The van der Waals surface area contributed by atoms with Gasteiger partial charge in [0.25, 0.3) is 0 Å². The summed E-state index contributed by atoms with van der Waals surface area (Å²) in [5.74, 6) is 0.179. The Labute approximate surface area is 91.0 Å². The third kappa shape index (κ3) is 5.52. The molecule has 0 atom stereocenters. The third-order valence-electron chi connectivity index (χ3n) is 2.65. The first-order chi connectivity index (χ1) is 7.18. The van der Waals surface area contributed by atoms with E-state index in [1.807, 2.05) is 0 Å². The van der Waals surface area contributed by atoms with Gasteiger partial charge in [0.05, 0.1) is 0 Å². The van der Waals surface area contributed by atoms with Gasteiger partial charge in [-0.15, -0.1) is 0 Å². The normalized spacial score (nSPS) is 16.6. The largest absolute Gasteiger partial charge is 0.356 e. The molecule has 0 spiro atoms. The van der Waals surface area contributed by atoms with Crippen molar-refractivity contribution in [2.24, 2.45) is 0 Å². The predicted molar refractivity (Wildman–Crippen MR) is 58.6 cm³/mol. The first kappa shape index (κ1) is 12.2. The van der Waals surface area contributed by atoms with Crippen LogP contribution in [-0.2, 0) is 9.59 Å². The Morgan fingerprint density at radius 3 is 2.47 bits per heavy atom.